The molecule has 0 saturated heterocycles. The lowest BCUT2D eigenvalue weighted by Gasteiger charge is -2.53. The molecule has 4 rings (SSSR count). The lowest BCUT2D eigenvalue weighted by atomic mass is 9.51. The van der Waals surface area contributed by atoms with E-state index in [0.29, 0.717) is 24.8 Å². The Morgan fingerprint density at radius 3 is 2.11 bits per heavy atom. The van der Waals surface area contributed by atoms with E-state index >= 15 is 0 Å². The molecule has 0 aliphatic heterocycles. The highest BCUT2D eigenvalue weighted by molar-refractivity contribution is 5.79. The number of carboxylic acid groups (broad SMARTS) is 1. The van der Waals surface area contributed by atoms with Gasteiger partial charge in [0.1, 0.15) is 0 Å². The number of amides is 1. The summed E-state index contributed by atoms with van der Waals surface area (Å²) in [6.07, 6.45) is 7.08. The summed E-state index contributed by atoms with van der Waals surface area (Å²) in [4.78, 5) is 22.8. The second-order valence-corrected chi connectivity index (χ2v) is 6.74. The zero-order chi connectivity index (χ0) is 13.4. The van der Waals surface area contributed by atoms with E-state index in [4.69, 9.17) is 5.11 Å². The van der Waals surface area contributed by atoms with Crippen molar-refractivity contribution in [3.8, 4) is 0 Å². The molecule has 4 aliphatic rings. The smallest absolute Gasteiger partial charge is 0.303 e. The van der Waals surface area contributed by atoms with Crippen molar-refractivity contribution in [2.24, 2.45) is 29.6 Å². The van der Waals surface area contributed by atoms with Crippen molar-refractivity contribution >= 4 is 11.9 Å². The summed E-state index contributed by atoms with van der Waals surface area (Å²) in [6.45, 7) is 0.508. The molecule has 0 atom stereocenters. The van der Waals surface area contributed by atoms with Crippen LogP contribution in [-0.2, 0) is 9.59 Å². The number of rotatable bonds is 5. The maximum atomic E-state index is 12.3. The number of hydrogen-bond donors (Lipinski definition) is 2. The Kier molecular flexibility index (Phi) is 3.50. The summed E-state index contributed by atoms with van der Waals surface area (Å²) in [5, 5.41) is 11.5. The van der Waals surface area contributed by atoms with Crippen molar-refractivity contribution in [2.45, 2.75) is 44.9 Å². The fourth-order valence-electron chi connectivity index (χ4n) is 4.92. The van der Waals surface area contributed by atoms with Gasteiger partial charge in [0.25, 0.3) is 0 Å². The molecule has 0 aromatic carbocycles. The van der Waals surface area contributed by atoms with E-state index in [9.17, 15) is 9.59 Å². The van der Waals surface area contributed by atoms with Crippen molar-refractivity contribution < 1.29 is 14.7 Å². The topological polar surface area (TPSA) is 66.4 Å². The SMILES string of the molecule is O=C(O)CCCNC(=O)C1C2CC3CC(C2)CC1C3. The Morgan fingerprint density at radius 2 is 1.58 bits per heavy atom. The fourth-order valence-corrected chi connectivity index (χ4v) is 4.92. The van der Waals surface area contributed by atoms with Crippen LogP contribution in [0.3, 0.4) is 0 Å². The minimum absolute atomic E-state index is 0.141. The summed E-state index contributed by atoms with van der Waals surface area (Å²) < 4.78 is 0. The molecular weight excluding hydrogens is 242 g/mol. The van der Waals surface area contributed by atoms with Gasteiger partial charge in [0, 0.05) is 18.9 Å². The summed E-state index contributed by atoms with van der Waals surface area (Å²) in [5.74, 6) is 2.62. The van der Waals surface area contributed by atoms with Crippen LogP contribution >= 0.6 is 0 Å². The van der Waals surface area contributed by atoms with Crippen LogP contribution in [-0.4, -0.2) is 23.5 Å². The standard InChI is InChI=1S/C15H23NO3/c17-13(18)2-1-3-16-15(19)14-11-5-9-4-10(7-11)8-12(14)6-9/h9-12,14H,1-8H2,(H,16,19)(H,17,18). The minimum Gasteiger partial charge on any atom is -0.481 e. The molecule has 0 aromatic rings. The summed E-state index contributed by atoms with van der Waals surface area (Å²) in [7, 11) is 0. The first-order valence-electron chi connectivity index (χ1n) is 7.63. The third-order valence-corrected chi connectivity index (χ3v) is 5.40. The number of carbonyl (C=O) groups is 2. The van der Waals surface area contributed by atoms with Gasteiger partial charge in [-0.15, -0.1) is 0 Å². The molecule has 1 amide bonds. The van der Waals surface area contributed by atoms with E-state index in [0.717, 1.165) is 11.8 Å². The molecule has 0 unspecified atom stereocenters. The molecule has 106 valence electrons. The van der Waals surface area contributed by atoms with Crippen molar-refractivity contribution in [3.05, 3.63) is 0 Å². The molecule has 0 aromatic heterocycles. The first kappa shape index (κ1) is 12.9. The molecule has 4 fully saturated rings. The zero-order valence-corrected chi connectivity index (χ0v) is 11.3. The van der Waals surface area contributed by atoms with E-state index < -0.39 is 5.97 Å². The molecular formula is C15H23NO3. The number of aliphatic carboxylic acids is 1. The Bertz CT molecular complexity index is 352. The third kappa shape index (κ3) is 2.63. The van der Waals surface area contributed by atoms with Crippen LogP contribution in [0.5, 0.6) is 0 Å². The maximum absolute atomic E-state index is 12.3. The molecule has 4 bridgehead atoms. The van der Waals surface area contributed by atoms with E-state index in [1.54, 1.807) is 0 Å². The van der Waals surface area contributed by atoms with Crippen LogP contribution in [0.1, 0.15) is 44.9 Å². The molecule has 0 spiro atoms. The third-order valence-electron chi connectivity index (χ3n) is 5.40. The Balaban J connectivity index is 1.51. The average molecular weight is 265 g/mol. The largest absolute Gasteiger partial charge is 0.481 e. The van der Waals surface area contributed by atoms with E-state index in [1.165, 1.54) is 32.1 Å². The Labute approximate surface area is 113 Å². The summed E-state index contributed by atoms with van der Waals surface area (Å²) >= 11 is 0. The molecule has 0 heterocycles. The normalized spacial score (nSPS) is 39.3. The van der Waals surface area contributed by atoms with Gasteiger partial charge in [0.2, 0.25) is 5.91 Å². The van der Waals surface area contributed by atoms with Gasteiger partial charge in [-0.25, -0.2) is 0 Å². The quantitative estimate of drug-likeness (QED) is 0.748. The lowest BCUT2D eigenvalue weighted by Crippen LogP contribution is -2.51. The number of carboxylic acids is 1. The molecule has 4 saturated carbocycles. The van der Waals surface area contributed by atoms with Gasteiger partial charge in [-0.2, -0.15) is 0 Å². The maximum Gasteiger partial charge on any atom is 0.303 e. The van der Waals surface area contributed by atoms with Crippen LogP contribution in [0.25, 0.3) is 0 Å². The van der Waals surface area contributed by atoms with Crippen molar-refractivity contribution in [1.82, 2.24) is 5.32 Å². The molecule has 4 aliphatic carbocycles. The van der Waals surface area contributed by atoms with Gasteiger partial charge in [-0.05, 0) is 62.2 Å². The molecule has 4 heteroatoms. The van der Waals surface area contributed by atoms with Crippen LogP contribution in [0.15, 0.2) is 0 Å². The number of hydrogen-bond acceptors (Lipinski definition) is 2. The van der Waals surface area contributed by atoms with Gasteiger partial charge >= 0.3 is 5.97 Å². The second-order valence-electron chi connectivity index (χ2n) is 6.74. The van der Waals surface area contributed by atoms with Crippen LogP contribution < -0.4 is 5.32 Å². The van der Waals surface area contributed by atoms with E-state index in [1.807, 2.05) is 0 Å². The summed E-state index contributed by atoms with van der Waals surface area (Å²) in [5.41, 5.74) is 0. The first-order valence-corrected chi connectivity index (χ1v) is 7.63. The molecule has 4 nitrogen and oxygen atoms in total. The Morgan fingerprint density at radius 1 is 1.00 bits per heavy atom. The van der Waals surface area contributed by atoms with Crippen LogP contribution in [0.4, 0.5) is 0 Å². The fraction of sp³-hybridized carbons (Fsp3) is 0.867. The van der Waals surface area contributed by atoms with Gasteiger partial charge < -0.3 is 10.4 Å². The van der Waals surface area contributed by atoms with Gasteiger partial charge in [-0.3, -0.25) is 9.59 Å². The van der Waals surface area contributed by atoms with Crippen molar-refractivity contribution in [1.29, 1.82) is 0 Å². The highest BCUT2D eigenvalue weighted by Crippen LogP contribution is 2.56. The van der Waals surface area contributed by atoms with Crippen molar-refractivity contribution in [2.75, 3.05) is 6.54 Å². The monoisotopic (exact) mass is 265 g/mol. The molecule has 19 heavy (non-hydrogen) atoms. The van der Waals surface area contributed by atoms with Gasteiger partial charge in [-0.1, -0.05) is 0 Å². The van der Waals surface area contributed by atoms with E-state index in [2.05, 4.69) is 5.32 Å². The van der Waals surface area contributed by atoms with E-state index in [-0.39, 0.29) is 18.2 Å². The summed E-state index contributed by atoms with van der Waals surface area (Å²) in [6, 6.07) is 0. The number of nitrogens with one attached hydrogen (secondary N) is 1. The predicted molar refractivity (Wildman–Crippen MR) is 70.4 cm³/mol. The van der Waals surface area contributed by atoms with Gasteiger partial charge in [0.15, 0.2) is 0 Å². The highest BCUT2D eigenvalue weighted by atomic mass is 16.4. The molecule has 2 N–H and O–H groups in total. The van der Waals surface area contributed by atoms with Crippen molar-refractivity contribution in [3.63, 3.8) is 0 Å². The zero-order valence-electron chi connectivity index (χ0n) is 11.3. The van der Waals surface area contributed by atoms with Crippen LogP contribution in [0, 0.1) is 29.6 Å². The highest BCUT2D eigenvalue weighted by Gasteiger charge is 2.50. The minimum atomic E-state index is -0.788. The lowest BCUT2D eigenvalue weighted by molar-refractivity contribution is -0.139. The van der Waals surface area contributed by atoms with Crippen LogP contribution in [0.2, 0.25) is 0 Å². The second kappa shape index (κ2) is 5.14. The Hall–Kier alpha value is -1.06. The first-order chi connectivity index (χ1) is 9.13. The molecule has 0 radical (unpaired) electrons. The predicted octanol–water partition coefficient (Wildman–Crippen LogP) is 2.04. The average Bonchev–Trinajstić information content (AvgIpc) is 2.33. The van der Waals surface area contributed by atoms with Gasteiger partial charge in [0.05, 0.1) is 0 Å². The number of carbonyl (C=O) groups excluding carboxylic acids is 1.